The molecule has 6 nitrogen and oxygen atoms in total. The number of hydrogen-bond donors (Lipinski definition) is 0. The predicted molar refractivity (Wildman–Crippen MR) is 93.2 cm³/mol. The molecular formula is C18H25N3O3. The van der Waals surface area contributed by atoms with Gasteiger partial charge in [0.15, 0.2) is 5.58 Å². The Morgan fingerprint density at radius 2 is 2.12 bits per heavy atom. The van der Waals surface area contributed by atoms with Crippen LogP contribution >= 0.6 is 0 Å². The molecule has 0 N–H and O–H groups in total. The van der Waals surface area contributed by atoms with E-state index in [1.165, 1.54) is 0 Å². The molecule has 1 aliphatic heterocycles. The lowest BCUT2D eigenvalue weighted by Gasteiger charge is -2.37. The number of anilines is 1. The van der Waals surface area contributed by atoms with Crippen molar-refractivity contribution in [3.05, 3.63) is 24.3 Å². The molecule has 2 aromatic rings. The summed E-state index contributed by atoms with van der Waals surface area (Å²) >= 11 is 0. The highest BCUT2D eigenvalue weighted by Crippen LogP contribution is 2.25. The second-order valence-corrected chi connectivity index (χ2v) is 7.30. The van der Waals surface area contributed by atoms with Crippen LogP contribution in [0.25, 0.3) is 11.1 Å². The van der Waals surface area contributed by atoms with Crippen LogP contribution in [0.2, 0.25) is 0 Å². The van der Waals surface area contributed by atoms with Crippen LogP contribution < -0.4 is 4.90 Å². The van der Waals surface area contributed by atoms with Crippen molar-refractivity contribution >= 4 is 23.2 Å². The first kappa shape index (κ1) is 16.6. The van der Waals surface area contributed by atoms with E-state index >= 15 is 0 Å². The Morgan fingerprint density at radius 1 is 1.38 bits per heavy atom. The molecule has 130 valence electrons. The van der Waals surface area contributed by atoms with E-state index in [1.807, 2.05) is 57.0 Å². The highest BCUT2D eigenvalue weighted by atomic mass is 16.6. The van der Waals surface area contributed by atoms with Crippen molar-refractivity contribution in [2.24, 2.45) is 0 Å². The van der Waals surface area contributed by atoms with Crippen molar-refractivity contribution in [2.45, 2.75) is 45.3 Å². The standard InChI is InChI=1S/C18H25N3O3/c1-18(2,3)24-17(22)21-11-7-8-13(12-21)20(4)16-19-14-9-5-6-10-15(14)23-16/h5-6,9-10,13H,7-8,11-12H2,1-4H3. The number of nitrogens with zero attached hydrogens (tertiary/aromatic N) is 3. The first-order chi connectivity index (χ1) is 11.3. The zero-order valence-electron chi connectivity index (χ0n) is 14.8. The number of rotatable bonds is 2. The van der Waals surface area contributed by atoms with Gasteiger partial charge in [0.2, 0.25) is 0 Å². The fourth-order valence-electron chi connectivity index (χ4n) is 2.93. The molecule has 2 heterocycles. The van der Waals surface area contributed by atoms with Crippen molar-refractivity contribution in [3.8, 4) is 0 Å². The second kappa shape index (κ2) is 6.34. The second-order valence-electron chi connectivity index (χ2n) is 7.30. The lowest BCUT2D eigenvalue weighted by molar-refractivity contribution is 0.0198. The van der Waals surface area contributed by atoms with Crippen LogP contribution in [-0.4, -0.2) is 47.8 Å². The number of likely N-dealkylation sites (N-methyl/N-ethyl adjacent to an activating group) is 1. The maximum absolute atomic E-state index is 12.3. The van der Waals surface area contributed by atoms with Gasteiger partial charge in [-0.15, -0.1) is 0 Å². The Bertz CT molecular complexity index is 687. The monoisotopic (exact) mass is 331 g/mol. The minimum atomic E-state index is -0.476. The van der Waals surface area contributed by atoms with Crippen molar-refractivity contribution in [1.29, 1.82) is 0 Å². The van der Waals surface area contributed by atoms with Gasteiger partial charge in [0.05, 0.1) is 6.04 Å². The highest BCUT2D eigenvalue weighted by Gasteiger charge is 2.30. The normalized spacial score (nSPS) is 18.7. The molecule has 1 saturated heterocycles. The number of hydrogen-bond acceptors (Lipinski definition) is 5. The highest BCUT2D eigenvalue weighted by molar-refractivity contribution is 5.74. The molecule has 6 heteroatoms. The minimum Gasteiger partial charge on any atom is -0.444 e. The van der Waals surface area contributed by atoms with Crippen LogP contribution in [0, 0.1) is 0 Å². The van der Waals surface area contributed by atoms with Gasteiger partial charge in [0, 0.05) is 20.1 Å². The third kappa shape index (κ3) is 3.63. The summed E-state index contributed by atoms with van der Waals surface area (Å²) in [4.78, 5) is 20.6. The Labute approximate surface area is 142 Å². The number of piperidine rings is 1. The Morgan fingerprint density at radius 3 is 2.83 bits per heavy atom. The lowest BCUT2D eigenvalue weighted by Crippen LogP contribution is -2.50. The summed E-state index contributed by atoms with van der Waals surface area (Å²) in [6, 6.07) is 8.48. The molecule has 3 rings (SSSR count). The number of aromatic nitrogens is 1. The van der Waals surface area contributed by atoms with E-state index in [2.05, 4.69) is 4.98 Å². The number of benzene rings is 1. The van der Waals surface area contributed by atoms with Crippen molar-refractivity contribution in [3.63, 3.8) is 0 Å². The number of oxazole rings is 1. The summed E-state index contributed by atoms with van der Waals surface area (Å²) in [6.07, 6.45) is 1.68. The molecular weight excluding hydrogens is 306 g/mol. The Balaban J connectivity index is 1.70. The van der Waals surface area contributed by atoms with E-state index in [0.717, 1.165) is 30.5 Å². The first-order valence-corrected chi connectivity index (χ1v) is 8.40. The van der Waals surface area contributed by atoms with Gasteiger partial charge in [0.1, 0.15) is 11.1 Å². The summed E-state index contributed by atoms with van der Waals surface area (Å²) in [6.45, 7) is 7.00. The summed E-state index contributed by atoms with van der Waals surface area (Å²) in [7, 11) is 1.97. The molecule has 0 bridgehead atoms. The summed E-state index contributed by atoms with van der Waals surface area (Å²) < 4.78 is 11.3. The van der Waals surface area contributed by atoms with Crippen molar-refractivity contribution in [2.75, 3.05) is 25.0 Å². The quantitative estimate of drug-likeness (QED) is 0.840. The van der Waals surface area contributed by atoms with E-state index in [9.17, 15) is 4.79 Å². The maximum Gasteiger partial charge on any atom is 0.410 e. The van der Waals surface area contributed by atoms with Crippen LogP contribution in [0.15, 0.2) is 28.7 Å². The summed E-state index contributed by atoms with van der Waals surface area (Å²) in [5.74, 6) is 0. The molecule has 1 aromatic heterocycles. The summed E-state index contributed by atoms with van der Waals surface area (Å²) in [5.41, 5.74) is 1.15. The molecule has 1 aromatic carbocycles. The molecule has 0 saturated carbocycles. The van der Waals surface area contributed by atoms with E-state index in [0.29, 0.717) is 12.6 Å². The van der Waals surface area contributed by atoms with E-state index in [-0.39, 0.29) is 12.1 Å². The third-order valence-electron chi connectivity index (χ3n) is 4.18. The van der Waals surface area contributed by atoms with E-state index in [1.54, 1.807) is 4.90 Å². The maximum atomic E-state index is 12.3. The molecule has 0 radical (unpaired) electrons. The molecule has 1 unspecified atom stereocenters. The Hall–Kier alpha value is -2.24. The van der Waals surface area contributed by atoms with Gasteiger partial charge in [-0.05, 0) is 45.7 Å². The molecule has 1 aliphatic rings. The smallest absolute Gasteiger partial charge is 0.410 e. The SMILES string of the molecule is CN(c1nc2ccccc2o1)C1CCCN(C(=O)OC(C)(C)C)C1. The Kier molecular flexibility index (Phi) is 4.39. The van der Waals surface area contributed by atoms with E-state index in [4.69, 9.17) is 9.15 Å². The number of ether oxygens (including phenoxy) is 1. The fourth-order valence-corrected chi connectivity index (χ4v) is 2.93. The van der Waals surface area contributed by atoms with E-state index < -0.39 is 5.60 Å². The van der Waals surface area contributed by atoms with Crippen LogP contribution in [-0.2, 0) is 4.74 Å². The number of fused-ring (bicyclic) bond motifs is 1. The molecule has 1 amide bonds. The van der Waals surface area contributed by atoms with Gasteiger partial charge < -0.3 is 19.0 Å². The fraction of sp³-hybridized carbons (Fsp3) is 0.556. The molecule has 0 spiro atoms. The van der Waals surface area contributed by atoms with Gasteiger partial charge in [-0.1, -0.05) is 12.1 Å². The summed E-state index contributed by atoms with van der Waals surface area (Å²) in [5, 5.41) is 0. The number of carbonyl (C=O) groups is 1. The largest absolute Gasteiger partial charge is 0.444 e. The molecule has 1 atom stereocenters. The molecule has 24 heavy (non-hydrogen) atoms. The predicted octanol–water partition coefficient (Wildman–Crippen LogP) is 3.66. The number of likely N-dealkylation sites (tertiary alicyclic amines) is 1. The van der Waals surface area contributed by atoms with Crippen LogP contribution in [0.5, 0.6) is 0 Å². The first-order valence-electron chi connectivity index (χ1n) is 8.40. The number of para-hydroxylation sites is 2. The average Bonchev–Trinajstić information content (AvgIpc) is 2.96. The minimum absolute atomic E-state index is 0.166. The topological polar surface area (TPSA) is 58.8 Å². The van der Waals surface area contributed by atoms with Crippen LogP contribution in [0.3, 0.4) is 0 Å². The lowest BCUT2D eigenvalue weighted by atomic mass is 10.1. The number of carbonyl (C=O) groups excluding carboxylic acids is 1. The third-order valence-corrected chi connectivity index (χ3v) is 4.18. The van der Waals surface area contributed by atoms with Crippen molar-refractivity contribution < 1.29 is 13.9 Å². The molecule has 1 fully saturated rings. The zero-order valence-corrected chi connectivity index (χ0v) is 14.8. The van der Waals surface area contributed by atoms with Gasteiger partial charge >= 0.3 is 6.09 Å². The van der Waals surface area contributed by atoms with Gasteiger partial charge in [0.25, 0.3) is 6.01 Å². The van der Waals surface area contributed by atoms with Gasteiger partial charge in [-0.25, -0.2) is 4.79 Å². The number of amides is 1. The molecule has 0 aliphatic carbocycles. The van der Waals surface area contributed by atoms with Crippen molar-refractivity contribution in [1.82, 2.24) is 9.88 Å². The van der Waals surface area contributed by atoms with Crippen LogP contribution in [0.4, 0.5) is 10.8 Å². The van der Waals surface area contributed by atoms with Crippen LogP contribution in [0.1, 0.15) is 33.6 Å². The van der Waals surface area contributed by atoms with Gasteiger partial charge in [-0.2, -0.15) is 4.98 Å². The zero-order chi connectivity index (χ0) is 17.3. The average molecular weight is 331 g/mol. The van der Waals surface area contributed by atoms with Gasteiger partial charge in [-0.3, -0.25) is 0 Å².